The van der Waals surface area contributed by atoms with Gasteiger partial charge in [-0.15, -0.1) is 0 Å². The molecule has 0 aromatic carbocycles. The molecule has 0 bridgehead atoms. The highest BCUT2D eigenvalue weighted by atomic mass is 16.6. The van der Waals surface area contributed by atoms with E-state index in [4.69, 9.17) is 4.74 Å². The van der Waals surface area contributed by atoms with Gasteiger partial charge < -0.3 is 4.74 Å². The number of esters is 1. The van der Waals surface area contributed by atoms with E-state index in [1.165, 1.54) is 22.3 Å². The number of ether oxygens (including phenoxy) is 1. The van der Waals surface area contributed by atoms with Crippen LogP contribution in [0.5, 0.6) is 0 Å². The summed E-state index contributed by atoms with van der Waals surface area (Å²) in [4.78, 5) is 11.6. The number of allylic oxidation sites excluding steroid dienone is 4. The molecule has 2 nitrogen and oxygen atoms in total. The molecule has 0 N–H and O–H groups in total. The van der Waals surface area contributed by atoms with Crippen LogP contribution in [-0.2, 0) is 9.53 Å². The van der Waals surface area contributed by atoms with Crippen molar-refractivity contribution in [3.63, 3.8) is 0 Å². The maximum Gasteiger partial charge on any atom is 0.334 e. The van der Waals surface area contributed by atoms with Crippen molar-refractivity contribution < 1.29 is 9.53 Å². The lowest BCUT2D eigenvalue weighted by Gasteiger charge is -2.18. The Morgan fingerprint density at radius 1 is 1.35 bits per heavy atom. The fraction of sp³-hybridized carbons (Fsp3) is 0.400. The van der Waals surface area contributed by atoms with E-state index >= 15 is 0 Å². The molecule has 88 valence electrons. The zero-order chi connectivity index (χ0) is 12.2. The normalized spacial score (nSPS) is 31.6. The Balaban J connectivity index is 2.13. The van der Waals surface area contributed by atoms with E-state index in [1.807, 2.05) is 0 Å². The molecule has 2 atom stereocenters. The SMILES string of the molecule is C=C1C(=O)O[C@H]2C3=C(C)C=CC3=C(C)CC[C@@H]12. The van der Waals surface area contributed by atoms with Crippen LogP contribution in [0.15, 0.2) is 46.6 Å². The van der Waals surface area contributed by atoms with Crippen molar-refractivity contribution in [1.29, 1.82) is 0 Å². The first-order valence-electron chi connectivity index (χ1n) is 6.08. The van der Waals surface area contributed by atoms with Crippen molar-refractivity contribution >= 4 is 5.97 Å². The Bertz CT molecular complexity index is 517. The van der Waals surface area contributed by atoms with Crippen molar-refractivity contribution in [3.8, 4) is 0 Å². The summed E-state index contributed by atoms with van der Waals surface area (Å²) in [6.45, 7) is 8.15. The van der Waals surface area contributed by atoms with Gasteiger partial charge in [-0.3, -0.25) is 0 Å². The molecule has 0 aromatic heterocycles. The molecule has 3 aliphatic rings. The average Bonchev–Trinajstić information content (AvgIpc) is 2.75. The van der Waals surface area contributed by atoms with Gasteiger partial charge in [0.05, 0.1) is 0 Å². The van der Waals surface area contributed by atoms with Gasteiger partial charge >= 0.3 is 5.97 Å². The van der Waals surface area contributed by atoms with Gasteiger partial charge in [0, 0.05) is 17.1 Å². The molecule has 0 amide bonds. The molecule has 1 heterocycles. The molecule has 0 radical (unpaired) electrons. The molecule has 0 saturated carbocycles. The maximum atomic E-state index is 11.6. The van der Waals surface area contributed by atoms with Crippen LogP contribution in [0.2, 0.25) is 0 Å². The zero-order valence-corrected chi connectivity index (χ0v) is 10.2. The molecular formula is C15H16O2. The van der Waals surface area contributed by atoms with Crippen LogP contribution in [0.25, 0.3) is 0 Å². The lowest BCUT2D eigenvalue weighted by Crippen LogP contribution is -2.18. The van der Waals surface area contributed by atoms with Crippen LogP contribution in [-0.4, -0.2) is 12.1 Å². The Labute approximate surface area is 101 Å². The first-order chi connectivity index (χ1) is 8.09. The van der Waals surface area contributed by atoms with E-state index < -0.39 is 0 Å². The van der Waals surface area contributed by atoms with Gasteiger partial charge in [0.25, 0.3) is 0 Å². The predicted octanol–water partition coefficient (Wildman–Crippen LogP) is 3.08. The zero-order valence-electron chi connectivity index (χ0n) is 10.2. The summed E-state index contributed by atoms with van der Waals surface area (Å²) in [6.07, 6.45) is 6.16. The van der Waals surface area contributed by atoms with Crippen LogP contribution in [0.1, 0.15) is 26.7 Å². The van der Waals surface area contributed by atoms with Gasteiger partial charge in [-0.25, -0.2) is 4.79 Å². The second-order valence-corrected chi connectivity index (χ2v) is 5.12. The van der Waals surface area contributed by atoms with Crippen LogP contribution in [0, 0.1) is 5.92 Å². The van der Waals surface area contributed by atoms with E-state index in [2.05, 4.69) is 32.6 Å². The van der Waals surface area contributed by atoms with Crippen LogP contribution in [0.3, 0.4) is 0 Å². The summed E-state index contributed by atoms with van der Waals surface area (Å²) in [5, 5.41) is 0. The van der Waals surface area contributed by atoms with Crippen LogP contribution < -0.4 is 0 Å². The summed E-state index contributed by atoms with van der Waals surface area (Å²) < 4.78 is 5.52. The van der Waals surface area contributed by atoms with Gasteiger partial charge in [0.15, 0.2) is 0 Å². The van der Waals surface area contributed by atoms with Crippen molar-refractivity contribution in [2.24, 2.45) is 5.92 Å². The average molecular weight is 228 g/mol. The third-order valence-corrected chi connectivity index (χ3v) is 4.10. The molecular weight excluding hydrogens is 212 g/mol. The summed E-state index contributed by atoms with van der Waals surface area (Å²) in [5.74, 6) is -0.0501. The molecule has 1 aliphatic heterocycles. The van der Waals surface area contributed by atoms with Gasteiger partial charge in [0.2, 0.25) is 0 Å². The Morgan fingerprint density at radius 3 is 2.88 bits per heavy atom. The van der Waals surface area contributed by atoms with Crippen LogP contribution >= 0.6 is 0 Å². The predicted molar refractivity (Wildman–Crippen MR) is 66.3 cm³/mol. The second-order valence-electron chi connectivity index (χ2n) is 5.12. The Hall–Kier alpha value is -1.57. The third-order valence-electron chi connectivity index (χ3n) is 4.10. The highest BCUT2D eigenvalue weighted by Gasteiger charge is 2.43. The van der Waals surface area contributed by atoms with Crippen molar-refractivity contribution in [2.45, 2.75) is 32.8 Å². The standard InChI is InChI=1S/C15H16O2/c1-8-4-7-12-10(3)15(16)17-14(12)13-9(2)5-6-11(8)13/h5-6,12,14H,3-4,7H2,1-2H3/t12-,14+/m0/s1. The molecule has 0 spiro atoms. The van der Waals surface area contributed by atoms with Gasteiger partial charge in [-0.2, -0.15) is 0 Å². The second kappa shape index (κ2) is 3.46. The Morgan fingerprint density at radius 2 is 2.12 bits per heavy atom. The molecule has 2 heteroatoms. The molecule has 0 aromatic rings. The fourth-order valence-corrected chi connectivity index (χ4v) is 3.05. The minimum Gasteiger partial charge on any atom is -0.453 e. The van der Waals surface area contributed by atoms with Crippen molar-refractivity contribution in [3.05, 3.63) is 46.6 Å². The lowest BCUT2D eigenvalue weighted by atomic mass is 9.88. The van der Waals surface area contributed by atoms with E-state index in [0.29, 0.717) is 5.57 Å². The summed E-state index contributed by atoms with van der Waals surface area (Å²) in [6, 6.07) is 0. The number of hydrogen-bond donors (Lipinski definition) is 0. The van der Waals surface area contributed by atoms with Gasteiger partial charge in [0.1, 0.15) is 6.10 Å². The number of carbonyl (C=O) groups excluding carboxylic acids is 1. The number of rotatable bonds is 0. The minimum absolute atomic E-state index is 0.0996. The summed E-state index contributed by atoms with van der Waals surface area (Å²) in [7, 11) is 0. The van der Waals surface area contributed by atoms with Gasteiger partial charge in [-0.1, -0.05) is 24.3 Å². The van der Waals surface area contributed by atoms with E-state index in [0.717, 1.165) is 12.8 Å². The Kier molecular flexibility index (Phi) is 2.15. The molecule has 0 unspecified atom stereocenters. The first-order valence-corrected chi connectivity index (χ1v) is 6.08. The third kappa shape index (κ3) is 1.36. The molecule has 2 aliphatic carbocycles. The molecule has 17 heavy (non-hydrogen) atoms. The monoisotopic (exact) mass is 228 g/mol. The number of carbonyl (C=O) groups is 1. The van der Waals surface area contributed by atoms with Gasteiger partial charge in [-0.05, 0) is 37.8 Å². The van der Waals surface area contributed by atoms with E-state index in [-0.39, 0.29) is 18.0 Å². The van der Waals surface area contributed by atoms with E-state index in [1.54, 1.807) is 0 Å². The quantitative estimate of drug-likeness (QED) is 0.470. The highest BCUT2D eigenvalue weighted by Crippen LogP contribution is 2.45. The first kappa shape index (κ1) is 10.6. The number of hydrogen-bond acceptors (Lipinski definition) is 2. The topological polar surface area (TPSA) is 26.3 Å². The molecule has 3 rings (SSSR count). The summed E-state index contributed by atoms with van der Waals surface area (Å²) in [5.41, 5.74) is 5.75. The smallest absolute Gasteiger partial charge is 0.334 e. The van der Waals surface area contributed by atoms with Crippen molar-refractivity contribution in [2.75, 3.05) is 0 Å². The number of fused-ring (bicyclic) bond motifs is 3. The molecule has 1 saturated heterocycles. The highest BCUT2D eigenvalue weighted by molar-refractivity contribution is 5.91. The van der Waals surface area contributed by atoms with E-state index in [9.17, 15) is 4.79 Å². The summed E-state index contributed by atoms with van der Waals surface area (Å²) >= 11 is 0. The minimum atomic E-state index is -0.217. The lowest BCUT2D eigenvalue weighted by molar-refractivity contribution is -0.137. The van der Waals surface area contributed by atoms with Crippen molar-refractivity contribution in [1.82, 2.24) is 0 Å². The fourth-order valence-electron chi connectivity index (χ4n) is 3.05. The maximum absolute atomic E-state index is 11.6. The van der Waals surface area contributed by atoms with Crippen LogP contribution in [0.4, 0.5) is 0 Å². The molecule has 1 fully saturated rings. The largest absolute Gasteiger partial charge is 0.453 e.